The van der Waals surface area contributed by atoms with Crippen LogP contribution in [0.4, 0.5) is 10.3 Å². The van der Waals surface area contributed by atoms with Gasteiger partial charge in [-0.2, -0.15) is 4.98 Å². The maximum absolute atomic E-state index is 13.3. The molecule has 8 nitrogen and oxygen atoms in total. The van der Waals surface area contributed by atoms with Gasteiger partial charge in [-0.05, 0) is 41.5 Å². The van der Waals surface area contributed by atoms with Crippen molar-refractivity contribution in [2.24, 2.45) is 0 Å². The number of anilines is 1. The van der Waals surface area contributed by atoms with Gasteiger partial charge in [0.1, 0.15) is 11.6 Å². The van der Waals surface area contributed by atoms with Gasteiger partial charge < -0.3 is 20.1 Å². The number of imidazole rings is 1. The number of ether oxygens (including phenoxy) is 1. The van der Waals surface area contributed by atoms with E-state index in [0.717, 1.165) is 5.56 Å². The van der Waals surface area contributed by atoms with E-state index in [0.29, 0.717) is 29.5 Å². The maximum Gasteiger partial charge on any atom is 0.322 e. The van der Waals surface area contributed by atoms with Gasteiger partial charge in [-0.3, -0.25) is 4.79 Å². The molecule has 0 spiro atoms. The van der Waals surface area contributed by atoms with Crippen LogP contribution >= 0.6 is 0 Å². The Balaban J connectivity index is 1.52. The van der Waals surface area contributed by atoms with Gasteiger partial charge in [0.15, 0.2) is 5.95 Å². The number of nitrogen functional groups attached to an aromatic ring is 1. The lowest BCUT2D eigenvalue weighted by atomic mass is 9.92. The maximum atomic E-state index is 13.3. The number of carbonyl (C=O) groups is 1. The summed E-state index contributed by atoms with van der Waals surface area (Å²) in [7, 11) is 0. The highest BCUT2D eigenvalue weighted by Gasteiger charge is 2.20. The van der Waals surface area contributed by atoms with Gasteiger partial charge >= 0.3 is 12.0 Å². The van der Waals surface area contributed by atoms with E-state index in [1.165, 1.54) is 18.3 Å². The molecule has 0 amide bonds. The highest BCUT2D eigenvalue weighted by molar-refractivity contribution is 5.68. The zero-order valence-electron chi connectivity index (χ0n) is 16.9. The van der Waals surface area contributed by atoms with Crippen LogP contribution in [-0.2, 0) is 11.3 Å². The molecule has 0 saturated carbocycles. The second-order valence-corrected chi connectivity index (χ2v) is 7.13. The molecule has 4 rings (SSSR count). The molecule has 2 aromatic heterocycles. The van der Waals surface area contributed by atoms with E-state index in [1.54, 1.807) is 42.7 Å². The normalized spacial score (nSPS) is 11.8. The van der Waals surface area contributed by atoms with Crippen molar-refractivity contribution in [3.8, 4) is 11.8 Å². The lowest BCUT2D eigenvalue weighted by Gasteiger charge is -2.15. The summed E-state index contributed by atoms with van der Waals surface area (Å²) in [6, 6.07) is 14.8. The van der Waals surface area contributed by atoms with Crippen molar-refractivity contribution in [3.05, 3.63) is 95.8 Å². The van der Waals surface area contributed by atoms with Crippen LogP contribution < -0.4 is 10.5 Å². The quantitative estimate of drug-likeness (QED) is 0.434. The molecule has 0 radical (unpaired) electrons. The molecule has 0 fully saturated rings. The molecule has 0 saturated heterocycles. The molecule has 162 valence electrons. The largest absolute Gasteiger partial charge is 0.481 e. The fraction of sp³-hybridized carbons (Fsp3) is 0.130. The minimum Gasteiger partial charge on any atom is -0.481 e. The second-order valence-electron chi connectivity index (χ2n) is 7.13. The molecule has 2 aromatic carbocycles. The van der Waals surface area contributed by atoms with E-state index in [1.807, 2.05) is 16.7 Å². The number of rotatable bonds is 8. The molecule has 0 bridgehead atoms. The van der Waals surface area contributed by atoms with Crippen LogP contribution in [-0.4, -0.2) is 30.6 Å². The average Bonchev–Trinajstić information content (AvgIpc) is 3.18. The lowest BCUT2D eigenvalue weighted by molar-refractivity contribution is -0.137. The minimum absolute atomic E-state index is 0.0894. The van der Waals surface area contributed by atoms with Crippen LogP contribution in [0, 0.1) is 5.82 Å². The van der Waals surface area contributed by atoms with Gasteiger partial charge in [-0.1, -0.05) is 24.3 Å². The number of nitrogens with zero attached hydrogens (tertiary/aromatic N) is 4. The van der Waals surface area contributed by atoms with Crippen molar-refractivity contribution in [1.82, 2.24) is 19.5 Å². The van der Waals surface area contributed by atoms with E-state index in [9.17, 15) is 14.3 Å². The van der Waals surface area contributed by atoms with E-state index in [2.05, 4.69) is 15.0 Å². The van der Waals surface area contributed by atoms with Gasteiger partial charge in [0.05, 0.1) is 18.7 Å². The first kappa shape index (κ1) is 21.0. The smallest absolute Gasteiger partial charge is 0.322 e. The molecule has 9 heteroatoms. The number of nitrogens with two attached hydrogens (primary N) is 1. The number of aliphatic carboxylic acids is 1. The van der Waals surface area contributed by atoms with Crippen LogP contribution in [0.5, 0.6) is 11.8 Å². The zero-order chi connectivity index (χ0) is 22.5. The molecular formula is C23H20FN5O3. The Labute approximate surface area is 183 Å². The van der Waals surface area contributed by atoms with Crippen molar-refractivity contribution in [2.45, 2.75) is 18.9 Å². The minimum atomic E-state index is -0.991. The zero-order valence-corrected chi connectivity index (χ0v) is 16.9. The van der Waals surface area contributed by atoms with Crippen LogP contribution in [0.15, 0.2) is 73.2 Å². The fourth-order valence-corrected chi connectivity index (χ4v) is 3.30. The summed E-state index contributed by atoms with van der Waals surface area (Å²) in [6.45, 7) is 0.576. The van der Waals surface area contributed by atoms with Crippen LogP contribution in [0.25, 0.3) is 0 Å². The Hall–Kier alpha value is -4.27. The van der Waals surface area contributed by atoms with Gasteiger partial charge in [0.25, 0.3) is 0 Å². The highest BCUT2D eigenvalue weighted by atomic mass is 19.1. The summed E-state index contributed by atoms with van der Waals surface area (Å²) in [4.78, 5) is 23.9. The number of halogens is 1. The van der Waals surface area contributed by atoms with Gasteiger partial charge in [-0.25, -0.2) is 14.4 Å². The molecule has 32 heavy (non-hydrogen) atoms. The SMILES string of the molecule is Nc1nccn1Cc1ccc(Oc2nccc(C(CC(=O)O)c3ccc(F)cc3)n2)cc1. The third-order valence-electron chi connectivity index (χ3n) is 4.90. The topological polar surface area (TPSA) is 116 Å². The lowest BCUT2D eigenvalue weighted by Crippen LogP contribution is -2.10. The van der Waals surface area contributed by atoms with Crippen molar-refractivity contribution in [2.75, 3.05) is 5.73 Å². The molecule has 3 N–H and O–H groups in total. The van der Waals surface area contributed by atoms with E-state index < -0.39 is 17.7 Å². The van der Waals surface area contributed by atoms with Crippen molar-refractivity contribution >= 4 is 11.9 Å². The molecule has 1 unspecified atom stereocenters. The van der Waals surface area contributed by atoms with Gasteiger partial charge in [0, 0.05) is 24.5 Å². The molecule has 2 heterocycles. The number of aromatic nitrogens is 4. The first-order valence-corrected chi connectivity index (χ1v) is 9.81. The van der Waals surface area contributed by atoms with Crippen molar-refractivity contribution in [1.29, 1.82) is 0 Å². The predicted octanol–water partition coefficient (Wildman–Crippen LogP) is 3.84. The van der Waals surface area contributed by atoms with Crippen molar-refractivity contribution in [3.63, 3.8) is 0 Å². The standard InChI is InChI=1S/C23H20FN5O3/c24-17-5-3-16(4-6-17)19(13-21(30)31)20-9-10-27-23(28-20)32-18-7-1-15(2-8-18)14-29-12-11-26-22(29)25/h1-12,19H,13-14H2,(H2,25,26)(H,30,31). The molecule has 0 aliphatic rings. The van der Waals surface area contributed by atoms with Crippen LogP contribution in [0.1, 0.15) is 29.2 Å². The third-order valence-corrected chi connectivity index (χ3v) is 4.90. The van der Waals surface area contributed by atoms with E-state index in [-0.39, 0.29) is 12.4 Å². The summed E-state index contributed by atoms with van der Waals surface area (Å²) in [5.74, 6) is -0.988. The van der Waals surface area contributed by atoms with Crippen molar-refractivity contribution < 1.29 is 19.0 Å². The number of carboxylic acids is 1. The van der Waals surface area contributed by atoms with Gasteiger partial charge in [-0.15, -0.1) is 0 Å². The number of hydrogen-bond acceptors (Lipinski definition) is 6. The first-order valence-electron chi connectivity index (χ1n) is 9.81. The highest BCUT2D eigenvalue weighted by Crippen LogP contribution is 2.28. The first-order chi connectivity index (χ1) is 15.5. The summed E-state index contributed by atoms with van der Waals surface area (Å²) in [6.07, 6.45) is 4.74. The molecular weight excluding hydrogens is 413 g/mol. The fourth-order valence-electron chi connectivity index (χ4n) is 3.30. The molecule has 0 aliphatic heterocycles. The monoisotopic (exact) mass is 433 g/mol. The average molecular weight is 433 g/mol. The Morgan fingerprint density at radius 3 is 2.47 bits per heavy atom. The summed E-state index contributed by atoms with van der Waals surface area (Å²) in [5, 5.41) is 9.34. The third kappa shape index (κ3) is 5.07. The summed E-state index contributed by atoms with van der Waals surface area (Å²) in [5.41, 5.74) is 7.91. The molecule has 0 aliphatic carbocycles. The Morgan fingerprint density at radius 2 is 1.81 bits per heavy atom. The Bertz CT molecular complexity index is 1210. The summed E-state index contributed by atoms with van der Waals surface area (Å²) < 4.78 is 20.9. The van der Waals surface area contributed by atoms with Crippen LogP contribution in [0.2, 0.25) is 0 Å². The van der Waals surface area contributed by atoms with E-state index >= 15 is 0 Å². The second kappa shape index (κ2) is 9.25. The Kier molecular flexibility index (Phi) is 6.07. The molecule has 1 atom stereocenters. The Morgan fingerprint density at radius 1 is 1.06 bits per heavy atom. The van der Waals surface area contributed by atoms with E-state index in [4.69, 9.17) is 10.5 Å². The van der Waals surface area contributed by atoms with Gasteiger partial charge in [0.2, 0.25) is 0 Å². The number of hydrogen-bond donors (Lipinski definition) is 2. The summed E-state index contributed by atoms with van der Waals surface area (Å²) >= 11 is 0. The molecule has 4 aromatic rings. The number of benzene rings is 2. The number of carboxylic acid groups (broad SMARTS) is 1. The van der Waals surface area contributed by atoms with Crippen LogP contribution in [0.3, 0.4) is 0 Å². The predicted molar refractivity (Wildman–Crippen MR) is 115 cm³/mol.